The first-order valence-corrected chi connectivity index (χ1v) is 6.92. The third-order valence-corrected chi connectivity index (χ3v) is 3.04. The summed E-state index contributed by atoms with van der Waals surface area (Å²) in [6.07, 6.45) is 1.13. The third-order valence-electron chi connectivity index (χ3n) is 3.04. The molecule has 1 N–H and O–H groups in total. The van der Waals surface area contributed by atoms with E-state index < -0.39 is 0 Å². The number of aryl methyl sites for hydroxylation is 1. The summed E-state index contributed by atoms with van der Waals surface area (Å²) >= 11 is 0. The van der Waals surface area contributed by atoms with Crippen LogP contribution in [-0.2, 0) is 6.54 Å². The van der Waals surface area contributed by atoms with Gasteiger partial charge in [-0.15, -0.1) is 0 Å². The van der Waals surface area contributed by atoms with E-state index in [1.807, 2.05) is 13.0 Å². The van der Waals surface area contributed by atoms with E-state index in [-0.39, 0.29) is 5.82 Å². The monoisotopic (exact) mass is 273 g/mol. The number of nitrogens with one attached hydrogen (secondary N) is 1. The smallest absolute Gasteiger partial charge is 0.130 e. The normalized spacial score (nSPS) is 10.6. The zero-order chi connectivity index (χ0) is 14.4. The minimum atomic E-state index is -0.258. The number of ether oxygens (including phenoxy) is 1. The van der Waals surface area contributed by atoms with Crippen LogP contribution >= 0.6 is 0 Å². The molecule has 0 radical (unpaired) electrons. The SMILES string of the molecule is CCCNCc1ccc(Oc2ccc(F)cc2)c(C)c1. The van der Waals surface area contributed by atoms with Gasteiger partial charge in [-0.1, -0.05) is 19.1 Å². The van der Waals surface area contributed by atoms with Crippen molar-refractivity contribution in [3.8, 4) is 11.5 Å². The van der Waals surface area contributed by atoms with Crippen molar-refractivity contribution in [2.45, 2.75) is 26.8 Å². The lowest BCUT2D eigenvalue weighted by Gasteiger charge is -2.11. The predicted molar refractivity (Wildman–Crippen MR) is 79.7 cm³/mol. The van der Waals surface area contributed by atoms with Crippen LogP contribution in [0, 0.1) is 12.7 Å². The maximum Gasteiger partial charge on any atom is 0.130 e. The molecular weight excluding hydrogens is 253 g/mol. The van der Waals surface area contributed by atoms with Gasteiger partial charge in [0.2, 0.25) is 0 Å². The highest BCUT2D eigenvalue weighted by molar-refractivity contribution is 5.39. The van der Waals surface area contributed by atoms with Crippen molar-refractivity contribution >= 4 is 0 Å². The quantitative estimate of drug-likeness (QED) is 0.786. The topological polar surface area (TPSA) is 21.3 Å². The Balaban J connectivity index is 2.03. The Bertz CT molecular complexity index is 551. The number of benzene rings is 2. The molecule has 3 heteroatoms. The molecule has 2 aromatic rings. The molecule has 0 saturated carbocycles. The standard InChI is InChI=1S/C17H20FNO/c1-3-10-19-12-14-4-9-17(13(2)11-14)20-16-7-5-15(18)6-8-16/h4-9,11,19H,3,10,12H2,1-2H3. The molecule has 2 rings (SSSR count). The average molecular weight is 273 g/mol. The fraction of sp³-hybridized carbons (Fsp3) is 0.294. The lowest BCUT2D eigenvalue weighted by molar-refractivity contribution is 0.476. The molecule has 0 saturated heterocycles. The lowest BCUT2D eigenvalue weighted by Crippen LogP contribution is -2.13. The Labute approximate surface area is 119 Å². The van der Waals surface area contributed by atoms with Gasteiger partial charge in [-0.2, -0.15) is 0 Å². The van der Waals surface area contributed by atoms with Crippen molar-refractivity contribution in [3.05, 3.63) is 59.4 Å². The predicted octanol–water partition coefficient (Wildman–Crippen LogP) is 4.43. The van der Waals surface area contributed by atoms with Crippen LogP contribution in [0.5, 0.6) is 11.5 Å². The summed E-state index contributed by atoms with van der Waals surface area (Å²) in [5.74, 6) is 1.19. The molecule has 0 aliphatic rings. The maximum absolute atomic E-state index is 12.8. The Morgan fingerprint density at radius 2 is 1.85 bits per heavy atom. The molecule has 0 aliphatic heterocycles. The van der Waals surface area contributed by atoms with Crippen molar-refractivity contribution in [2.24, 2.45) is 0 Å². The molecule has 2 aromatic carbocycles. The summed E-state index contributed by atoms with van der Waals surface area (Å²) < 4.78 is 18.6. The van der Waals surface area contributed by atoms with E-state index in [2.05, 4.69) is 24.4 Å². The first kappa shape index (κ1) is 14.5. The second-order valence-electron chi connectivity index (χ2n) is 4.83. The van der Waals surface area contributed by atoms with E-state index in [0.717, 1.165) is 30.8 Å². The highest BCUT2D eigenvalue weighted by Gasteiger charge is 2.03. The van der Waals surface area contributed by atoms with E-state index >= 15 is 0 Å². The number of hydrogen-bond acceptors (Lipinski definition) is 2. The van der Waals surface area contributed by atoms with Gasteiger partial charge >= 0.3 is 0 Å². The van der Waals surface area contributed by atoms with Crippen LogP contribution in [0.2, 0.25) is 0 Å². The fourth-order valence-corrected chi connectivity index (χ4v) is 1.98. The molecule has 0 unspecified atom stereocenters. The third kappa shape index (κ3) is 4.07. The zero-order valence-electron chi connectivity index (χ0n) is 11.9. The van der Waals surface area contributed by atoms with Gasteiger partial charge in [-0.05, 0) is 61.3 Å². The van der Waals surface area contributed by atoms with E-state index in [1.165, 1.54) is 17.7 Å². The minimum absolute atomic E-state index is 0.258. The second-order valence-corrected chi connectivity index (χ2v) is 4.83. The Morgan fingerprint density at radius 1 is 1.10 bits per heavy atom. The molecule has 0 aliphatic carbocycles. The minimum Gasteiger partial charge on any atom is -0.457 e. The molecule has 20 heavy (non-hydrogen) atoms. The fourth-order valence-electron chi connectivity index (χ4n) is 1.98. The van der Waals surface area contributed by atoms with Crippen molar-refractivity contribution in [1.29, 1.82) is 0 Å². The summed E-state index contributed by atoms with van der Waals surface area (Å²) in [6.45, 7) is 6.05. The molecule has 0 heterocycles. The van der Waals surface area contributed by atoms with Crippen LogP contribution in [0.1, 0.15) is 24.5 Å². The second kappa shape index (κ2) is 7.06. The molecule has 0 aromatic heterocycles. The summed E-state index contributed by atoms with van der Waals surface area (Å²) in [4.78, 5) is 0. The number of hydrogen-bond donors (Lipinski definition) is 1. The summed E-state index contributed by atoms with van der Waals surface area (Å²) in [6, 6.07) is 12.2. The van der Waals surface area contributed by atoms with E-state index in [9.17, 15) is 4.39 Å². The van der Waals surface area contributed by atoms with Gasteiger partial charge in [0.25, 0.3) is 0 Å². The van der Waals surface area contributed by atoms with Crippen molar-refractivity contribution in [2.75, 3.05) is 6.54 Å². The van der Waals surface area contributed by atoms with E-state index in [1.54, 1.807) is 12.1 Å². The van der Waals surface area contributed by atoms with Crippen LogP contribution in [0.4, 0.5) is 4.39 Å². The van der Waals surface area contributed by atoms with Gasteiger partial charge in [0, 0.05) is 6.54 Å². The molecule has 0 atom stereocenters. The van der Waals surface area contributed by atoms with E-state index in [0.29, 0.717) is 5.75 Å². The van der Waals surface area contributed by atoms with Crippen LogP contribution in [0.3, 0.4) is 0 Å². The first-order chi connectivity index (χ1) is 9.69. The number of rotatable bonds is 6. The Kier molecular flexibility index (Phi) is 5.13. The molecule has 2 nitrogen and oxygen atoms in total. The highest BCUT2D eigenvalue weighted by atomic mass is 19.1. The van der Waals surface area contributed by atoms with Crippen molar-refractivity contribution in [1.82, 2.24) is 5.32 Å². The largest absolute Gasteiger partial charge is 0.457 e. The Morgan fingerprint density at radius 3 is 2.50 bits per heavy atom. The van der Waals surface area contributed by atoms with Gasteiger partial charge in [-0.3, -0.25) is 0 Å². The van der Waals surface area contributed by atoms with Crippen molar-refractivity contribution < 1.29 is 9.13 Å². The van der Waals surface area contributed by atoms with Crippen LogP contribution in [0.15, 0.2) is 42.5 Å². The van der Waals surface area contributed by atoms with Crippen LogP contribution in [0.25, 0.3) is 0 Å². The molecule has 0 bridgehead atoms. The van der Waals surface area contributed by atoms with Gasteiger partial charge in [0.05, 0.1) is 0 Å². The summed E-state index contributed by atoms with van der Waals surface area (Å²) in [7, 11) is 0. The Hall–Kier alpha value is -1.87. The molecular formula is C17H20FNO. The van der Waals surface area contributed by atoms with Crippen LogP contribution in [-0.4, -0.2) is 6.54 Å². The molecule has 0 fully saturated rings. The molecule has 0 spiro atoms. The first-order valence-electron chi connectivity index (χ1n) is 6.92. The van der Waals surface area contributed by atoms with E-state index in [4.69, 9.17) is 4.74 Å². The van der Waals surface area contributed by atoms with Crippen molar-refractivity contribution in [3.63, 3.8) is 0 Å². The van der Waals surface area contributed by atoms with Gasteiger partial charge in [0.15, 0.2) is 0 Å². The van der Waals surface area contributed by atoms with Gasteiger partial charge < -0.3 is 10.1 Å². The lowest BCUT2D eigenvalue weighted by atomic mass is 10.1. The van der Waals surface area contributed by atoms with Gasteiger partial charge in [0.1, 0.15) is 17.3 Å². The summed E-state index contributed by atoms with van der Waals surface area (Å²) in [5, 5.41) is 3.37. The average Bonchev–Trinajstić information content (AvgIpc) is 2.44. The van der Waals surface area contributed by atoms with Gasteiger partial charge in [-0.25, -0.2) is 4.39 Å². The maximum atomic E-state index is 12.8. The summed E-state index contributed by atoms with van der Waals surface area (Å²) in [5.41, 5.74) is 2.31. The zero-order valence-corrected chi connectivity index (χ0v) is 11.9. The molecule has 0 amide bonds. The number of halogens is 1. The van der Waals surface area contributed by atoms with Crippen LogP contribution < -0.4 is 10.1 Å². The highest BCUT2D eigenvalue weighted by Crippen LogP contribution is 2.25. The molecule has 106 valence electrons.